The predicted octanol–water partition coefficient (Wildman–Crippen LogP) is 2.42. The molecule has 1 aliphatic rings. The van der Waals surface area contributed by atoms with Gasteiger partial charge in [-0.3, -0.25) is 4.79 Å². The van der Waals surface area contributed by atoms with Gasteiger partial charge in [-0.05, 0) is 19.1 Å². The lowest BCUT2D eigenvalue weighted by Crippen LogP contribution is -2.39. The molecule has 1 saturated heterocycles. The van der Waals surface area contributed by atoms with E-state index in [-0.39, 0.29) is 12.0 Å². The fraction of sp³-hybridized carbons (Fsp3) is 0.412. The first-order chi connectivity index (χ1) is 11.7. The summed E-state index contributed by atoms with van der Waals surface area (Å²) < 4.78 is 16.1. The van der Waals surface area contributed by atoms with Crippen molar-refractivity contribution in [1.29, 1.82) is 0 Å². The van der Waals surface area contributed by atoms with Crippen LogP contribution in [0.5, 0.6) is 0 Å². The Balaban J connectivity index is 1.58. The summed E-state index contributed by atoms with van der Waals surface area (Å²) in [5, 5.41) is 6.79. The van der Waals surface area contributed by atoms with Gasteiger partial charge in [0.15, 0.2) is 0 Å². The zero-order valence-electron chi connectivity index (χ0n) is 13.5. The number of thioether (sulfide) groups is 1. The quantitative estimate of drug-likeness (QED) is 0.808. The van der Waals surface area contributed by atoms with Gasteiger partial charge in [-0.1, -0.05) is 17.3 Å². The molecule has 24 heavy (non-hydrogen) atoms. The minimum atomic E-state index is -0.110. The van der Waals surface area contributed by atoms with Crippen LogP contribution in [-0.2, 0) is 15.2 Å². The molecule has 0 unspecified atom stereocenters. The monoisotopic (exact) mass is 348 g/mol. The van der Waals surface area contributed by atoms with E-state index in [9.17, 15) is 4.79 Å². The Bertz CT molecular complexity index is 683. The number of hydrogen-bond donors (Lipinski definition) is 1. The van der Waals surface area contributed by atoms with Crippen LogP contribution in [0.1, 0.15) is 21.8 Å². The maximum Gasteiger partial charge on any atom is 0.252 e. The van der Waals surface area contributed by atoms with Crippen molar-refractivity contribution in [3.05, 3.63) is 47.3 Å². The van der Waals surface area contributed by atoms with Gasteiger partial charge in [-0.25, -0.2) is 0 Å². The number of carbonyl (C=O) groups excluding carboxylic acids is 1. The van der Waals surface area contributed by atoms with Crippen LogP contribution in [-0.4, -0.2) is 43.5 Å². The van der Waals surface area contributed by atoms with Gasteiger partial charge in [0.1, 0.15) is 5.76 Å². The summed E-state index contributed by atoms with van der Waals surface area (Å²) in [6.45, 7) is 4.03. The zero-order valence-corrected chi connectivity index (χ0v) is 14.3. The second-order valence-corrected chi connectivity index (χ2v) is 6.51. The third-order valence-corrected chi connectivity index (χ3v) is 4.65. The molecule has 1 aromatic heterocycles. The van der Waals surface area contributed by atoms with Crippen LogP contribution in [0.2, 0.25) is 0 Å². The Hall–Kier alpha value is -1.83. The molecule has 128 valence electrons. The Morgan fingerprint density at radius 2 is 2.25 bits per heavy atom. The van der Waals surface area contributed by atoms with Crippen LogP contribution in [0, 0.1) is 6.92 Å². The van der Waals surface area contributed by atoms with Gasteiger partial charge in [-0.15, -0.1) is 11.8 Å². The fourth-order valence-corrected chi connectivity index (χ4v) is 3.29. The van der Waals surface area contributed by atoms with E-state index in [1.54, 1.807) is 11.8 Å². The first kappa shape index (κ1) is 17.0. The smallest absolute Gasteiger partial charge is 0.252 e. The van der Waals surface area contributed by atoms with Gasteiger partial charge >= 0.3 is 0 Å². The predicted molar refractivity (Wildman–Crippen MR) is 90.1 cm³/mol. The molecule has 7 heteroatoms. The molecule has 1 aliphatic heterocycles. The van der Waals surface area contributed by atoms with E-state index in [2.05, 4.69) is 10.5 Å². The van der Waals surface area contributed by atoms with E-state index < -0.39 is 0 Å². The highest BCUT2D eigenvalue weighted by Crippen LogP contribution is 2.26. The molecule has 1 aromatic carbocycles. The number of hydrogen-bond acceptors (Lipinski definition) is 6. The first-order valence-electron chi connectivity index (χ1n) is 7.84. The topological polar surface area (TPSA) is 73.6 Å². The SMILES string of the molecule is Cc1cc(CSc2ccccc2C(=O)NC[C@H]2COCCO2)on1. The minimum Gasteiger partial charge on any atom is -0.376 e. The molecule has 1 N–H and O–H groups in total. The number of aromatic nitrogens is 1. The van der Waals surface area contributed by atoms with E-state index in [4.69, 9.17) is 14.0 Å². The van der Waals surface area contributed by atoms with E-state index in [0.29, 0.717) is 37.7 Å². The highest BCUT2D eigenvalue weighted by molar-refractivity contribution is 7.98. The van der Waals surface area contributed by atoms with Crippen LogP contribution in [0.4, 0.5) is 0 Å². The van der Waals surface area contributed by atoms with E-state index in [0.717, 1.165) is 16.3 Å². The van der Waals surface area contributed by atoms with Crippen molar-refractivity contribution in [3.8, 4) is 0 Å². The summed E-state index contributed by atoms with van der Waals surface area (Å²) in [4.78, 5) is 13.4. The van der Waals surface area contributed by atoms with Crippen molar-refractivity contribution in [2.45, 2.75) is 23.7 Å². The Morgan fingerprint density at radius 3 is 3.00 bits per heavy atom. The molecule has 1 amide bonds. The summed E-state index contributed by atoms with van der Waals surface area (Å²) in [5.74, 6) is 1.31. The average molecular weight is 348 g/mol. The standard InChI is InChI=1S/C17H20N2O4S/c1-12-8-13(23-19-12)11-24-16-5-3-2-4-15(16)17(20)18-9-14-10-21-6-7-22-14/h2-5,8,14H,6-7,9-11H2,1H3,(H,18,20)/t14-/m0/s1. The van der Waals surface area contributed by atoms with Crippen molar-refractivity contribution in [3.63, 3.8) is 0 Å². The number of carbonyl (C=O) groups is 1. The number of amides is 1. The molecule has 0 bridgehead atoms. The van der Waals surface area contributed by atoms with Crippen molar-refractivity contribution in [2.75, 3.05) is 26.4 Å². The van der Waals surface area contributed by atoms with Crippen molar-refractivity contribution < 1.29 is 18.8 Å². The highest BCUT2D eigenvalue weighted by Gasteiger charge is 2.17. The number of rotatable bonds is 6. The molecule has 2 heterocycles. The molecule has 1 atom stereocenters. The third kappa shape index (κ3) is 4.59. The van der Waals surface area contributed by atoms with Crippen molar-refractivity contribution in [2.24, 2.45) is 0 Å². The van der Waals surface area contributed by atoms with E-state index in [1.807, 2.05) is 37.3 Å². The summed E-state index contributed by atoms with van der Waals surface area (Å²) in [6, 6.07) is 9.43. The maximum absolute atomic E-state index is 12.5. The molecule has 0 radical (unpaired) electrons. The second-order valence-electron chi connectivity index (χ2n) is 5.50. The first-order valence-corrected chi connectivity index (χ1v) is 8.82. The lowest BCUT2D eigenvalue weighted by Gasteiger charge is -2.23. The Morgan fingerprint density at radius 1 is 1.38 bits per heavy atom. The second kappa shape index (κ2) is 8.32. The number of nitrogens with zero attached hydrogens (tertiary/aromatic N) is 1. The Labute approximate surface area is 144 Å². The van der Waals surface area contributed by atoms with E-state index >= 15 is 0 Å². The zero-order chi connectivity index (χ0) is 16.8. The van der Waals surface area contributed by atoms with Gasteiger partial charge < -0.3 is 19.3 Å². The van der Waals surface area contributed by atoms with Crippen molar-refractivity contribution in [1.82, 2.24) is 10.5 Å². The summed E-state index contributed by atoms with van der Waals surface area (Å²) in [7, 11) is 0. The lowest BCUT2D eigenvalue weighted by atomic mass is 10.2. The molecular formula is C17H20N2O4S. The van der Waals surface area contributed by atoms with Gasteiger partial charge in [0.2, 0.25) is 0 Å². The summed E-state index contributed by atoms with van der Waals surface area (Å²) >= 11 is 1.55. The highest BCUT2D eigenvalue weighted by atomic mass is 32.2. The molecule has 0 aliphatic carbocycles. The third-order valence-electron chi connectivity index (χ3n) is 3.55. The number of ether oxygens (including phenoxy) is 2. The molecule has 0 spiro atoms. The van der Waals surface area contributed by atoms with Gasteiger partial charge in [-0.2, -0.15) is 0 Å². The fourth-order valence-electron chi connectivity index (χ4n) is 2.37. The largest absolute Gasteiger partial charge is 0.376 e. The van der Waals surface area contributed by atoms with Gasteiger partial charge in [0.05, 0.1) is 42.9 Å². The summed E-state index contributed by atoms with van der Waals surface area (Å²) in [6.07, 6.45) is -0.0836. The van der Waals surface area contributed by atoms with Crippen molar-refractivity contribution >= 4 is 17.7 Å². The van der Waals surface area contributed by atoms with E-state index in [1.165, 1.54) is 0 Å². The number of aryl methyl sites for hydroxylation is 1. The van der Waals surface area contributed by atoms with Crippen LogP contribution in [0.15, 0.2) is 39.8 Å². The number of nitrogens with one attached hydrogen (secondary N) is 1. The molecule has 0 saturated carbocycles. The molecule has 2 aromatic rings. The molecule has 3 rings (SSSR count). The van der Waals surface area contributed by atoms with Gasteiger partial charge in [0.25, 0.3) is 5.91 Å². The Kier molecular flexibility index (Phi) is 5.90. The number of benzene rings is 1. The van der Waals surface area contributed by atoms with Crippen LogP contribution in [0.25, 0.3) is 0 Å². The summed E-state index contributed by atoms with van der Waals surface area (Å²) in [5.41, 5.74) is 1.50. The van der Waals surface area contributed by atoms with Crippen LogP contribution >= 0.6 is 11.8 Å². The maximum atomic E-state index is 12.5. The normalized spacial score (nSPS) is 17.6. The average Bonchev–Trinajstić information content (AvgIpc) is 3.04. The minimum absolute atomic E-state index is 0.0836. The molecule has 1 fully saturated rings. The van der Waals surface area contributed by atoms with Crippen LogP contribution < -0.4 is 5.32 Å². The van der Waals surface area contributed by atoms with Gasteiger partial charge in [0, 0.05) is 17.5 Å². The van der Waals surface area contributed by atoms with Crippen LogP contribution in [0.3, 0.4) is 0 Å². The molecular weight excluding hydrogens is 328 g/mol. The lowest BCUT2D eigenvalue weighted by molar-refractivity contribution is -0.0855. The molecule has 6 nitrogen and oxygen atoms in total.